The maximum Gasteiger partial charge on any atom is 0.286 e. The highest BCUT2D eigenvalue weighted by Gasteiger charge is 2.35. The van der Waals surface area contributed by atoms with Gasteiger partial charge in [-0.25, -0.2) is 13.8 Å². The molecular formula is C17H19ClF2N3O2+. The fraction of sp³-hybridized carbons (Fsp3) is 0.412. The van der Waals surface area contributed by atoms with Crippen molar-refractivity contribution >= 4 is 17.5 Å². The number of aromatic amines is 1. The molecule has 2 aromatic rings. The number of nitrogens with zero attached hydrogens (tertiary/aromatic N) is 2. The number of rotatable bonds is 4. The summed E-state index contributed by atoms with van der Waals surface area (Å²) >= 11 is 6.10. The third kappa shape index (κ3) is 3.39. The van der Waals surface area contributed by atoms with Gasteiger partial charge in [-0.2, -0.15) is 5.10 Å². The molecule has 0 saturated carbocycles. The van der Waals surface area contributed by atoms with Crippen molar-refractivity contribution in [1.29, 1.82) is 0 Å². The molecule has 0 fully saturated rings. The minimum absolute atomic E-state index is 0.103. The van der Waals surface area contributed by atoms with Gasteiger partial charge in [-0.05, 0) is 42.5 Å². The first-order chi connectivity index (χ1) is 11.9. The van der Waals surface area contributed by atoms with E-state index in [0.717, 1.165) is 24.0 Å². The molecule has 1 aromatic heterocycles. The molecular weight excluding hydrogens is 352 g/mol. The quantitative estimate of drug-likeness (QED) is 0.661. The predicted octanol–water partition coefficient (Wildman–Crippen LogP) is 3.51. The summed E-state index contributed by atoms with van der Waals surface area (Å²) in [4.78, 5) is 18.2. The number of H-pyrrole nitrogens is 1. The first-order valence-electron chi connectivity index (χ1n) is 7.95. The molecule has 1 N–H and O–H groups in total. The molecule has 1 heterocycles. The van der Waals surface area contributed by atoms with Crippen molar-refractivity contribution in [1.82, 2.24) is 10.2 Å². The highest BCUT2D eigenvalue weighted by Crippen LogP contribution is 2.37. The number of hydrogen-bond donors (Lipinski definition) is 1. The van der Waals surface area contributed by atoms with Crippen LogP contribution in [0, 0.1) is 0 Å². The van der Waals surface area contributed by atoms with Gasteiger partial charge in [0, 0.05) is 5.02 Å². The molecule has 3 rings (SSSR count). The summed E-state index contributed by atoms with van der Waals surface area (Å²) in [5.74, 6) is -0.604. The molecule has 1 aliphatic carbocycles. The zero-order valence-corrected chi connectivity index (χ0v) is 14.7. The lowest BCUT2D eigenvalue weighted by atomic mass is 9.87. The van der Waals surface area contributed by atoms with Gasteiger partial charge in [-0.3, -0.25) is 9.63 Å². The fourth-order valence-electron chi connectivity index (χ4n) is 3.34. The Balaban J connectivity index is 1.99. The van der Waals surface area contributed by atoms with E-state index in [2.05, 4.69) is 5.10 Å². The molecule has 8 heteroatoms. The molecule has 0 spiro atoms. The van der Waals surface area contributed by atoms with E-state index >= 15 is 0 Å². The van der Waals surface area contributed by atoms with Crippen molar-refractivity contribution in [3.63, 3.8) is 0 Å². The number of hydroxylamine groups is 2. The van der Waals surface area contributed by atoms with Gasteiger partial charge < -0.3 is 0 Å². The number of amides is 1. The third-order valence-corrected chi connectivity index (χ3v) is 4.66. The Hall–Kier alpha value is -1.99. The molecule has 134 valence electrons. The summed E-state index contributed by atoms with van der Waals surface area (Å²) in [5.41, 5.74) is 1.46. The minimum Gasteiger partial charge on any atom is -0.273 e. The third-order valence-electron chi connectivity index (χ3n) is 4.43. The lowest BCUT2D eigenvalue weighted by molar-refractivity contribution is -0.727. The maximum absolute atomic E-state index is 13.2. The van der Waals surface area contributed by atoms with Crippen LogP contribution in [0.5, 0.6) is 0 Å². The Bertz CT molecular complexity index is 794. The zero-order chi connectivity index (χ0) is 18.1. The van der Waals surface area contributed by atoms with Gasteiger partial charge in [0.05, 0.1) is 13.2 Å². The van der Waals surface area contributed by atoms with Crippen molar-refractivity contribution in [3.8, 4) is 0 Å². The highest BCUT2D eigenvalue weighted by molar-refractivity contribution is 6.30. The smallest absolute Gasteiger partial charge is 0.273 e. The largest absolute Gasteiger partial charge is 0.286 e. The van der Waals surface area contributed by atoms with Gasteiger partial charge in [-0.15, -0.1) is 4.68 Å². The topological polar surface area (TPSA) is 49.2 Å². The number of alkyl halides is 2. The lowest BCUT2D eigenvalue weighted by Gasteiger charge is -2.33. The number of aryl methyl sites for hydroxylation is 2. The normalized spacial score (nSPS) is 16.8. The molecule has 1 aromatic carbocycles. The summed E-state index contributed by atoms with van der Waals surface area (Å²) < 4.78 is 27.8. The van der Waals surface area contributed by atoms with E-state index in [1.54, 1.807) is 7.05 Å². The zero-order valence-electron chi connectivity index (χ0n) is 13.9. The second kappa shape index (κ2) is 7.09. The highest BCUT2D eigenvalue weighted by atomic mass is 35.5. The van der Waals surface area contributed by atoms with Crippen LogP contribution in [-0.2, 0) is 18.3 Å². The maximum atomic E-state index is 13.2. The molecule has 25 heavy (non-hydrogen) atoms. The van der Waals surface area contributed by atoms with Gasteiger partial charge in [0.2, 0.25) is 6.20 Å². The molecule has 1 unspecified atom stereocenters. The summed E-state index contributed by atoms with van der Waals surface area (Å²) in [5, 5.41) is 4.21. The number of benzene rings is 1. The van der Waals surface area contributed by atoms with Crippen LogP contribution in [0.1, 0.15) is 52.5 Å². The van der Waals surface area contributed by atoms with Crippen LogP contribution in [0.4, 0.5) is 8.78 Å². The van der Waals surface area contributed by atoms with E-state index in [1.807, 2.05) is 18.2 Å². The number of carbonyl (C=O) groups excluding carboxylic acids is 1. The first-order valence-corrected chi connectivity index (χ1v) is 8.33. The number of nitrogens with one attached hydrogen (secondary N) is 1. The summed E-state index contributed by atoms with van der Waals surface area (Å²) in [6.45, 7) is 0. The SMILES string of the molecule is CON(C(=O)c1c[n+](C)[nH]c1C(F)F)C1CCCc2ccc(Cl)cc21. The molecule has 1 atom stereocenters. The van der Waals surface area contributed by atoms with Crippen LogP contribution in [0.3, 0.4) is 0 Å². The molecule has 0 bridgehead atoms. The Morgan fingerprint density at radius 1 is 1.48 bits per heavy atom. The van der Waals surface area contributed by atoms with Crippen molar-refractivity contribution < 1.29 is 23.1 Å². The molecule has 1 aliphatic rings. The molecule has 0 saturated heterocycles. The van der Waals surface area contributed by atoms with Crippen LogP contribution in [0.2, 0.25) is 5.02 Å². The first kappa shape index (κ1) is 17.8. The van der Waals surface area contributed by atoms with E-state index in [1.165, 1.54) is 23.1 Å². The molecule has 1 amide bonds. The number of hydrogen-bond acceptors (Lipinski definition) is 2. The number of aromatic nitrogens is 2. The van der Waals surface area contributed by atoms with Crippen LogP contribution < -0.4 is 4.68 Å². The van der Waals surface area contributed by atoms with Gasteiger partial charge in [0.1, 0.15) is 5.56 Å². The minimum atomic E-state index is -2.79. The lowest BCUT2D eigenvalue weighted by Crippen LogP contribution is -2.36. The van der Waals surface area contributed by atoms with Crippen molar-refractivity contribution in [2.45, 2.75) is 31.7 Å². The van der Waals surface area contributed by atoms with Gasteiger partial charge in [-0.1, -0.05) is 17.7 Å². The number of halogens is 3. The molecule has 0 aliphatic heterocycles. The average Bonchev–Trinajstić information content (AvgIpc) is 2.98. The van der Waals surface area contributed by atoms with E-state index in [9.17, 15) is 13.6 Å². The number of fused-ring (bicyclic) bond motifs is 1. The van der Waals surface area contributed by atoms with E-state index in [-0.39, 0.29) is 11.6 Å². The van der Waals surface area contributed by atoms with Gasteiger partial charge >= 0.3 is 0 Å². The monoisotopic (exact) mass is 370 g/mol. The van der Waals surface area contributed by atoms with Gasteiger partial charge in [0.15, 0.2) is 12.7 Å². The summed E-state index contributed by atoms with van der Waals surface area (Å²) in [7, 11) is 2.92. The van der Waals surface area contributed by atoms with Crippen LogP contribution in [0.25, 0.3) is 0 Å². The Morgan fingerprint density at radius 2 is 2.24 bits per heavy atom. The predicted molar refractivity (Wildman–Crippen MR) is 87.2 cm³/mol. The Morgan fingerprint density at radius 3 is 2.92 bits per heavy atom. The standard InChI is InChI=1S/C17H18ClF2N3O2/c1-22-9-13(15(21-22)16(19)20)17(24)23(25-2)14-5-3-4-10-6-7-11(18)8-12(10)14/h6-9,14,16H,3-5H2,1-2H3/p+1. The molecule has 0 radical (unpaired) electrons. The van der Waals surface area contributed by atoms with E-state index < -0.39 is 18.0 Å². The summed E-state index contributed by atoms with van der Waals surface area (Å²) in [6.07, 6.45) is 0.989. The van der Waals surface area contributed by atoms with Crippen molar-refractivity contribution in [2.24, 2.45) is 7.05 Å². The average molecular weight is 371 g/mol. The van der Waals surface area contributed by atoms with E-state index in [4.69, 9.17) is 16.4 Å². The van der Waals surface area contributed by atoms with E-state index in [0.29, 0.717) is 11.4 Å². The van der Waals surface area contributed by atoms with Gasteiger partial charge in [0.25, 0.3) is 12.3 Å². The second-order valence-corrected chi connectivity index (χ2v) is 6.48. The number of carbonyl (C=O) groups is 1. The van der Waals surface area contributed by atoms with Crippen LogP contribution >= 0.6 is 11.6 Å². The van der Waals surface area contributed by atoms with Crippen LogP contribution in [-0.4, -0.2) is 23.2 Å². The fourth-order valence-corrected chi connectivity index (χ4v) is 3.52. The summed E-state index contributed by atoms with van der Waals surface area (Å²) in [6, 6.07) is 5.18. The van der Waals surface area contributed by atoms with Crippen molar-refractivity contribution in [2.75, 3.05) is 7.11 Å². The Kier molecular flexibility index (Phi) is 5.06. The second-order valence-electron chi connectivity index (χ2n) is 6.04. The Labute approximate surface area is 149 Å². The van der Waals surface area contributed by atoms with Crippen molar-refractivity contribution in [3.05, 3.63) is 51.8 Å². The molecule has 5 nitrogen and oxygen atoms in total. The van der Waals surface area contributed by atoms with Crippen LogP contribution in [0.15, 0.2) is 24.4 Å².